The van der Waals surface area contributed by atoms with Crippen molar-refractivity contribution in [3.8, 4) is 0 Å². The summed E-state index contributed by atoms with van der Waals surface area (Å²) in [5, 5.41) is 17.8. The quantitative estimate of drug-likeness (QED) is 0.909. The Hall–Kier alpha value is -1.83. The van der Waals surface area contributed by atoms with Crippen LogP contribution in [0.2, 0.25) is 0 Å². The molecule has 0 bridgehead atoms. The van der Waals surface area contributed by atoms with Gasteiger partial charge in [-0.25, -0.2) is 9.50 Å². The molecule has 126 valence electrons. The lowest BCUT2D eigenvalue weighted by molar-refractivity contribution is -0.199. The summed E-state index contributed by atoms with van der Waals surface area (Å²) < 4.78 is 40.4. The Morgan fingerprint density at radius 2 is 2.26 bits per heavy atom. The topological polar surface area (TPSA) is 62.5 Å². The van der Waals surface area contributed by atoms with Gasteiger partial charge in [-0.05, 0) is 38.7 Å². The number of nitrogens with one attached hydrogen (secondary N) is 1. The minimum absolute atomic E-state index is 0.0382. The zero-order valence-corrected chi connectivity index (χ0v) is 12.8. The highest BCUT2D eigenvalue weighted by atomic mass is 19.4. The molecule has 2 atom stereocenters. The van der Waals surface area contributed by atoms with E-state index in [2.05, 4.69) is 15.4 Å². The number of alkyl halides is 3. The summed E-state index contributed by atoms with van der Waals surface area (Å²) >= 11 is 0. The molecule has 23 heavy (non-hydrogen) atoms. The van der Waals surface area contributed by atoms with Gasteiger partial charge in [-0.3, -0.25) is 0 Å². The van der Waals surface area contributed by atoms with Crippen LogP contribution in [0.1, 0.15) is 31.4 Å². The predicted molar refractivity (Wildman–Crippen MR) is 79.2 cm³/mol. The lowest BCUT2D eigenvalue weighted by Crippen LogP contribution is -2.45. The van der Waals surface area contributed by atoms with Crippen LogP contribution in [0.3, 0.4) is 0 Å². The molecule has 0 radical (unpaired) electrons. The summed E-state index contributed by atoms with van der Waals surface area (Å²) in [5.74, 6) is -0.931. The van der Waals surface area contributed by atoms with Gasteiger partial charge in [0.1, 0.15) is 5.52 Å². The fraction of sp³-hybridized carbons (Fsp3) is 0.600. The molecule has 0 spiro atoms. The first-order valence-corrected chi connectivity index (χ1v) is 7.61. The Balaban J connectivity index is 1.73. The first-order chi connectivity index (χ1) is 10.8. The van der Waals surface area contributed by atoms with Crippen molar-refractivity contribution in [2.24, 2.45) is 5.92 Å². The van der Waals surface area contributed by atoms with Crippen molar-refractivity contribution in [2.45, 2.75) is 44.4 Å². The molecule has 5 nitrogen and oxygen atoms in total. The summed E-state index contributed by atoms with van der Waals surface area (Å²) in [4.78, 5) is 4.20. The van der Waals surface area contributed by atoms with Crippen LogP contribution in [0, 0.1) is 12.8 Å². The lowest BCUT2D eigenvalue weighted by Gasteiger charge is -2.37. The van der Waals surface area contributed by atoms with Gasteiger partial charge in [-0.15, -0.1) is 0 Å². The Kier molecular flexibility index (Phi) is 3.95. The van der Waals surface area contributed by atoms with E-state index in [1.54, 1.807) is 16.9 Å². The molecule has 3 rings (SSSR count). The molecule has 1 saturated carbocycles. The summed E-state index contributed by atoms with van der Waals surface area (Å²) in [5.41, 5.74) is 0.175. The van der Waals surface area contributed by atoms with Crippen LogP contribution >= 0.6 is 0 Å². The molecular formula is C15H19F3N4O. The molecule has 2 aromatic rings. The molecule has 0 aliphatic heterocycles. The van der Waals surface area contributed by atoms with Crippen molar-refractivity contribution in [1.29, 1.82) is 0 Å². The number of hydrogen-bond acceptors (Lipinski definition) is 4. The van der Waals surface area contributed by atoms with Crippen molar-refractivity contribution in [1.82, 2.24) is 14.6 Å². The van der Waals surface area contributed by atoms with Gasteiger partial charge in [-0.1, -0.05) is 0 Å². The van der Waals surface area contributed by atoms with E-state index in [0.29, 0.717) is 18.7 Å². The normalized spacial score (nSPS) is 25.7. The standard InChI is InChI=1S/C15H19F3N4O/c1-10-7-12-13(19-5-6-22(12)21-10)20-9-14(23)4-2-3-11(8-14)15(16,17)18/h5-7,11,23H,2-4,8-9H2,1H3,(H,19,20)/t11-,14+/m1/s1. The van der Waals surface area contributed by atoms with Gasteiger partial charge < -0.3 is 10.4 Å². The van der Waals surface area contributed by atoms with Gasteiger partial charge in [0.25, 0.3) is 0 Å². The number of nitrogens with zero attached hydrogens (tertiary/aromatic N) is 3. The van der Waals surface area contributed by atoms with Crippen molar-refractivity contribution in [2.75, 3.05) is 11.9 Å². The number of aliphatic hydroxyl groups is 1. The molecule has 0 amide bonds. The summed E-state index contributed by atoms with van der Waals surface area (Å²) in [7, 11) is 0. The summed E-state index contributed by atoms with van der Waals surface area (Å²) in [6, 6.07) is 1.83. The van der Waals surface area contributed by atoms with E-state index in [9.17, 15) is 18.3 Å². The summed E-state index contributed by atoms with van der Waals surface area (Å²) in [6.07, 6.45) is -0.463. The first-order valence-electron chi connectivity index (χ1n) is 7.61. The molecule has 2 N–H and O–H groups in total. The lowest BCUT2D eigenvalue weighted by atomic mass is 9.77. The van der Waals surface area contributed by atoms with Gasteiger partial charge in [-0.2, -0.15) is 18.3 Å². The molecule has 2 heterocycles. The average Bonchev–Trinajstić information content (AvgIpc) is 2.85. The maximum Gasteiger partial charge on any atom is 0.391 e. The second-order valence-corrected chi connectivity index (χ2v) is 6.30. The molecule has 1 aliphatic rings. The van der Waals surface area contributed by atoms with Crippen LogP contribution in [-0.2, 0) is 0 Å². The maximum absolute atomic E-state index is 12.9. The first kappa shape index (κ1) is 16.0. The Labute approximate surface area is 131 Å². The number of hydrogen-bond donors (Lipinski definition) is 2. The van der Waals surface area contributed by atoms with E-state index in [0.717, 1.165) is 11.2 Å². The highest BCUT2D eigenvalue weighted by molar-refractivity contribution is 5.67. The number of halogens is 3. The SMILES string of the molecule is Cc1cc2c(NC[C@]3(O)CCC[C@@H](C(F)(F)F)C3)nccn2n1. The van der Waals surface area contributed by atoms with E-state index in [1.165, 1.54) is 0 Å². The minimum atomic E-state index is -4.25. The largest absolute Gasteiger partial charge is 0.391 e. The fourth-order valence-electron chi connectivity index (χ4n) is 3.21. The zero-order chi connectivity index (χ0) is 16.7. The van der Waals surface area contributed by atoms with Gasteiger partial charge >= 0.3 is 6.18 Å². The molecule has 1 fully saturated rings. The van der Waals surface area contributed by atoms with E-state index < -0.39 is 17.7 Å². The predicted octanol–water partition coefficient (Wildman–Crippen LogP) is 2.93. The molecule has 1 aliphatic carbocycles. The third-order valence-corrected chi connectivity index (χ3v) is 4.38. The number of aryl methyl sites for hydroxylation is 1. The van der Waals surface area contributed by atoms with Crippen LogP contribution in [0.25, 0.3) is 5.52 Å². The van der Waals surface area contributed by atoms with Crippen LogP contribution in [0.5, 0.6) is 0 Å². The third-order valence-electron chi connectivity index (χ3n) is 4.38. The van der Waals surface area contributed by atoms with Crippen molar-refractivity contribution < 1.29 is 18.3 Å². The summed E-state index contributed by atoms with van der Waals surface area (Å²) in [6.45, 7) is 1.88. The van der Waals surface area contributed by atoms with Gasteiger partial charge in [0.2, 0.25) is 0 Å². The zero-order valence-electron chi connectivity index (χ0n) is 12.8. The van der Waals surface area contributed by atoms with Gasteiger partial charge in [0, 0.05) is 18.9 Å². The molecule has 0 saturated heterocycles. The van der Waals surface area contributed by atoms with Crippen molar-refractivity contribution in [3.05, 3.63) is 24.2 Å². The van der Waals surface area contributed by atoms with E-state index in [4.69, 9.17) is 0 Å². The molecule has 0 aromatic carbocycles. The Morgan fingerprint density at radius 3 is 3.00 bits per heavy atom. The van der Waals surface area contributed by atoms with Crippen LogP contribution in [0.4, 0.5) is 19.0 Å². The molecule has 0 unspecified atom stereocenters. The van der Waals surface area contributed by atoms with Crippen molar-refractivity contribution >= 4 is 11.3 Å². The molecular weight excluding hydrogens is 309 g/mol. The van der Waals surface area contributed by atoms with Crippen molar-refractivity contribution in [3.63, 3.8) is 0 Å². The maximum atomic E-state index is 12.9. The van der Waals surface area contributed by atoms with Crippen LogP contribution < -0.4 is 5.32 Å². The van der Waals surface area contributed by atoms with E-state index in [1.807, 2.05) is 13.0 Å². The van der Waals surface area contributed by atoms with E-state index >= 15 is 0 Å². The molecule has 8 heteroatoms. The second-order valence-electron chi connectivity index (χ2n) is 6.30. The molecule has 2 aromatic heterocycles. The highest BCUT2D eigenvalue weighted by Gasteiger charge is 2.46. The third kappa shape index (κ3) is 3.41. The van der Waals surface area contributed by atoms with E-state index in [-0.39, 0.29) is 19.4 Å². The van der Waals surface area contributed by atoms with Gasteiger partial charge in [0.05, 0.1) is 17.2 Å². The van der Waals surface area contributed by atoms with Crippen LogP contribution in [-0.4, -0.2) is 38.0 Å². The minimum Gasteiger partial charge on any atom is -0.388 e. The Bertz CT molecular complexity index is 700. The Morgan fingerprint density at radius 1 is 1.48 bits per heavy atom. The smallest absolute Gasteiger partial charge is 0.388 e. The van der Waals surface area contributed by atoms with Crippen LogP contribution in [0.15, 0.2) is 18.5 Å². The second kappa shape index (κ2) is 5.67. The fourth-order valence-corrected chi connectivity index (χ4v) is 3.21. The number of anilines is 1. The number of rotatable bonds is 3. The average molecular weight is 328 g/mol. The van der Waals surface area contributed by atoms with Gasteiger partial charge in [0.15, 0.2) is 5.82 Å². The number of aromatic nitrogens is 3. The monoisotopic (exact) mass is 328 g/mol. The highest BCUT2D eigenvalue weighted by Crippen LogP contribution is 2.41. The number of fused-ring (bicyclic) bond motifs is 1.